The van der Waals surface area contributed by atoms with Crippen molar-refractivity contribution in [3.05, 3.63) is 54.1 Å². The molecular weight excluding hydrogens is 409 g/mol. The topological polar surface area (TPSA) is 0 Å². The molecule has 0 aliphatic heterocycles. The van der Waals surface area contributed by atoms with Gasteiger partial charge in [0.05, 0.1) is 9.16 Å². The van der Waals surface area contributed by atoms with Crippen LogP contribution in [-0.4, -0.2) is 0 Å². The van der Waals surface area contributed by atoms with Crippen LogP contribution in [0.25, 0.3) is 0 Å². The van der Waals surface area contributed by atoms with Crippen LogP contribution in [-0.2, 0) is 0 Å². The predicted molar refractivity (Wildman–Crippen MR) is 78.5 cm³/mol. The molecule has 2 aromatic rings. The molecule has 0 saturated carbocycles. The van der Waals surface area contributed by atoms with Crippen LogP contribution in [0.4, 0.5) is 8.78 Å². The molecule has 18 heavy (non-hydrogen) atoms. The number of aryl methyl sites for hydroxylation is 1. The Labute approximate surface area is 129 Å². The van der Waals surface area contributed by atoms with E-state index < -0.39 is 17.0 Å². The number of alkyl halides is 1. The Hall–Kier alpha value is 0.0300. The first-order valence-corrected chi connectivity index (χ1v) is 7.78. The molecule has 0 aliphatic rings. The summed E-state index contributed by atoms with van der Waals surface area (Å²) in [6.45, 7) is 1.59. The Morgan fingerprint density at radius 2 is 1.83 bits per heavy atom. The van der Waals surface area contributed by atoms with Gasteiger partial charge in [-0.2, -0.15) is 0 Å². The van der Waals surface area contributed by atoms with Crippen LogP contribution in [0.2, 0.25) is 0 Å². The highest BCUT2D eigenvalue weighted by Gasteiger charge is 2.20. The molecular formula is C12H7Br2ClF2S. The average Bonchev–Trinajstić information content (AvgIpc) is 2.63. The van der Waals surface area contributed by atoms with Crippen molar-refractivity contribution in [1.29, 1.82) is 0 Å². The summed E-state index contributed by atoms with van der Waals surface area (Å²) in [7, 11) is 0. The Morgan fingerprint density at radius 3 is 2.39 bits per heavy atom. The summed E-state index contributed by atoms with van der Waals surface area (Å²) < 4.78 is 28.7. The van der Waals surface area contributed by atoms with Crippen LogP contribution in [0, 0.1) is 18.6 Å². The largest absolute Gasteiger partial charge is 0.207 e. The predicted octanol–water partition coefficient (Wildman–Crippen LogP) is 6.19. The molecule has 0 aliphatic carbocycles. The van der Waals surface area contributed by atoms with E-state index in [9.17, 15) is 8.78 Å². The van der Waals surface area contributed by atoms with Crippen LogP contribution < -0.4 is 0 Å². The molecule has 0 nitrogen and oxygen atoms in total. The fraction of sp³-hybridized carbons (Fsp3) is 0.167. The summed E-state index contributed by atoms with van der Waals surface area (Å²) in [5.74, 6) is -1.19. The first kappa shape index (κ1) is 14.4. The number of thiophene rings is 1. The molecule has 96 valence electrons. The summed E-state index contributed by atoms with van der Waals surface area (Å²) in [4.78, 5) is 0.792. The number of hydrogen-bond acceptors (Lipinski definition) is 1. The van der Waals surface area contributed by atoms with Gasteiger partial charge in [0.25, 0.3) is 0 Å². The monoisotopic (exact) mass is 414 g/mol. The fourth-order valence-electron chi connectivity index (χ4n) is 1.52. The van der Waals surface area contributed by atoms with Gasteiger partial charge in [-0.1, -0.05) is 0 Å². The third kappa shape index (κ3) is 2.79. The van der Waals surface area contributed by atoms with Gasteiger partial charge in [-0.3, -0.25) is 0 Å². The van der Waals surface area contributed by atoms with Crippen LogP contribution in [0.15, 0.2) is 26.5 Å². The van der Waals surface area contributed by atoms with E-state index in [1.165, 1.54) is 17.4 Å². The van der Waals surface area contributed by atoms with Crippen molar-refractivity contribution in [2.24, 2.45) is 0 Å². The van der Waals surface area contributed by atoms with E-state index >= 15 is 0 Å². The molecule has 2 rings (SSSR count). The number of benzene rings is 1. The van der Waals surface area contributed by atoms with Crippen molar-refractivity contribution in [3.63, 3.8) is 0 Å². The third-order valence-electron chi connectivity index (χ3n) is 2.47. The fourth-order valence-corrected chi connectivity index (χ4v) is 3.97. The molecule has 6 heteroatoms. The Bertz CT molecular complexity index is 579. The molecule has 0 fully saturated rings. The Morgan fingerprint density at radius 1 is 1.17 bits per heavy atom. The van der Waals surface area contributed by atoms with Gasteiger partial charge in [0, 0.05) is 21.0 Å². The lowest BCUT2D eigenvalue weighted by atomic mass is 10.1. The SMILES string of the molecule is Cc1cc(C(Cl)c2cc(Br)c(Br)s2)c(F)cc1F. The lowest BCUT2D eigenvalue weighted by Crippen LogP contribution is -1.98. The van der Waals surface area contributed by atoms with Gasteiger partial charge in [-0.15, -0.1) is 22.9 Å². The van der Waals surface area contributed by atoms with E-state index in [0.29, 0.717) is 5.56 Å². The van der Waals surface area contributed by atoms with Gasteiger partial charge in [-0.05, 0) is 56.5 Å². The third-order valence-corrected chi connectivity index (χ3v) is 6.39. The van der Waals surface area contributed by atoms with E-state index in [-0.39, 0.29) is 5.56 Å². The van der Waals surface area contributed by atoms with Gasteiger partial charge in [0.2, 0.25) is 0 Å². The molecule has 1 aromatic heterocycles. The van der Waals surface area contributed by atoms with Crippen LogP contribution in [0.1, 0.15) is 21.4 Å². The van der Waals surface area contributed by atoms with Crippen LogP contribution in [0.5, 0.6) is 0 Å². The molecule has 0 radical (unpaired) electrons. The maximum Gasteiger partial charge on any atom is 0.131 e. The zero-order valence-corrected chi connectivity index (χ0v) is 13.9. The molecule has 0 N–H and O–H groups in total. The lowest BCUT2D eigenvalue weighted by Gasteiger charge is -2.10. The molecule has 1 unspecified atom stereocenters. The first-order valence-electron chi connectivity index (χ1n) is 4.94. The molecule has 1 aromatic carbocycles. The second-order valence-corrected chi connectivity index (χ2v) is 7.45. The zero-order chi connectivity index (χ0) is 13.4. The van der Waals surface area contributed by atoms with E-state index in [2.05, 4.69) is 31.9 Å². The molecule has 1 atom stereocenters. The maximum absolute atomic E-state index is 13.7. The maximum atomic E-state index is 13.7. The van der Waals surface area contributed by atoms with Crippen molar-refractivity contribution >= 4 is 54.8 Å². The van der Waals surface area contributed by atoms with E-state index in [1.54, 1.807) is 6.92 Å². The minimum atomic E-state index is -0.628. The van der Waals surface area contributed by atoms with E-state index in [4.69, 9.17) is 11.6 Å². The van der Waals surface area contributed by atoms with Crippen molar-refractivity contribution in [2.75, 3.05) is 0 Å². The van der Waals surface area contributed by atoms with E-state index in [1.807, 2.05) is 6.07 Å². The van der Waals surface area contributed by atoms with Gasteiger partial charge >= 0.3 is 0 Å². The normalized spacial score (nSPS) is 12.8. The zero-order valence-electron chi connectivity index (χ0n) is 9.11. The quantitative estimate of drug-likeness (QED) is 0.512. The minimum absolute atomic E-state index is 0.289. The molecule has 1 heterocycles. The summed E-state index contributed by atoms with van der Waals surface area (Å²) in [6, 6.07) is 4.14. The van der Waals surface area contributed by atoms with Gasteiger partial charge < -0.3 is 0 Å². The summed E-state index contributed by atoms with van der Waals surface area (Å²) in [5, 5.41) is -0.628. The van der Waals surface area contributed by atoms with Crippen molar-refractivity contribution < 1.29 is 8.78 Å². The van der Waals surface area contributed by atoms with Crippen LogP contribution >= 0.6 is 54.8 Å². The standard InChI is InChI=1S/C12H7Br2ClF2S/c1-5-2-6(9(17)4-8(5)16)11(15)10-3-7(13)12(14)18-10/h2-4,11H,1H3. The van der Waals surface area contributed by atoms with Crippen molar-refractivity contribution in [2.45, 2.75) is 12.3 Å². The highest BCUT2D eigenvalue weighted by molar-refractivity contribution is 9.13. The van der Waals surface area contributed by atoms with Gasteiger partial charge in [0.1, 0.15) is 11.6 Å². The summed E-state index contributed by atoms with van der Waals surface area (Å²) in [6.07, 6.45) is 0. The summed E-state index contributed by atoms with van der Waals surface area (Å²) >= 11 is 14.4. The lowest BCUT2D eigenvalue weighted by molar-refractivity contribution is 0.568. The average molecular weight is 417 g/mol. The van der Waals surface area contributed by atoms with E-state index in [0.717, 1.165) is 19.2 Å². The summed E-state index contributed by atoms with van der Waals surface area (Å²) in [5.41, 5.74) is 0.670. The molecule has 0 bridgehead atoms. The molecule has 0 saturated heterocycles. The molecule has 0 spiro atoms. The molecule has 0 amide bonds. The van der Waals surface area contributed by atoms with Gasteiger partial charge in [-0.25, -0.2) is 8.78 Å². The minimum Gasteiger partial charge on any atom is -0.207 e. The van der Waals surface area contributed by atoms with Crippen molar-refractivity contribution in [3.8, 4) is 0 Å². The van der Waals surface area contributed by atoms with Gasteiger partial charge in [0.15, 0.2) is 0 Å². The highest BCUT2D eigenvalue weighted by atomic mass is 79.9. The Kier molecular flexibility index (Phi) is 4.47. The second kappa shape index (κ2) is 5.57. The smallest absolute Gasteiger partial charge is 0.131 e. The van der Waals surface area contributed by atoms with Crippen molar-refractivity contribution in [1.82, 2.24) is 0 Å². The number of rotatable bonds is 2. The Balaban J connectivity index is 2.45. The first-order chi connectivity index (χ1) is 8.40. The number of halogens is 5. The van der Waals surface area contributed by atoms with Crippen LogP contribution in [0.3, 0.4) is 0 Å². The second-order valence-electron chi connectivity index (χ2n) is 3.76. The number of hydrogen-bond donors (Lipinski definition) is 0. The highest BCUT2D eigenvalue weighted by Crippen LogP contribution is 2.41.